The minimum absolute atomic E-state index is 0.0664. The van der Waals surface area contributed by atoms with Crippen LogP contribution in [0, 0.1) is 0 Å². The zero-order valence-corrected chi connectivity index (χ0v) is 14.1. The van der Waals surface area contributed by atoms with Gasteiger partial charge in [-0.3, -0.25) is 14.5 Å². The molecule has 0 fully saturated rings. The molecule has 0 saturated carbocycles. The molecule has 1 amide bonds. The first kappa shape index (κ1) is 18.9. The molecule has 142 valence electrons. The third kappa shape index (κ3) is 4.11. The minimum atomic E-state index is -3.11. The number of furan rings is 1. The molecule has 1 N–H and O–H groups in total. The minimum Gasteiger partial charge on any atom is -0.454 e. The van der Waals surface area contributed by atoms with Crippen LogP contribution in [0.3, 0.4) is 0 Å². The number of alkyl halides is 4. The van der Waals surface area contributed by atoms with E-state index in [0.29, 0.717) is 10.4 Å². The average Bonchev–Trinajstić information content (AvgIpc) is 3.20. The Morgan fingerprint density at radius 1 is 1.15 bits per heavy atom. The van der Waals surface area contributed by atoms with E-state index in [9.17, 15) is 22.4 Å². The second-order valence-electron chi connectivity index (χ2n) is 5.30. The van der Waals surface area contributed by atoms with Crippen LogP contribution >= 0.6 is 11.6 Å². The van der Waals surface area contributed by atoms with E-state index < -0.39 is 41.7 Å². The molecular formula is C16H11ClF4N4O2. The summed E-state index contributed by atoms with van der Waals surface area (Å²) in [5.41, 5.74) is -1.30. The normalized spacial score (nSPS) is 11.4. The fourth-order valence-electron chi connectivity index (χ4n) is 2.30. The van der Waals surface area contributed by atoms with E-state index in [0.717, 1.165) is 0 Å². The van der Waals surface area contributed by atoms with Crippen molar-refractivity contribution >= 4 is 23.2 Å². The standard InChI is InChI=1S/C16H11ClF4N4O2/c17-11-12(14(18)19)24-25(13(11)15(20)21)7-9-1-2-10(27-9)16(26)23-8-3-5-22-6-4-8/h1-6,14-15H,7H2,(H,22,23,26). The van der Waals surface area contributed by atoms with Crippen LogP contribution in [0.15, 0.2) is 41.1 Å². The number of anilines is 1. The molecule has 3 heterocycles. The highest BCUT2D eigenvalue weighted by Crippen LogP contribution is 2.35. The van der Waals surface area contributed by atoms with E-state index >= 15 is 0 Å². The van der Waals surface area contributed by atoms with Gasteiger partial charge in [-0.15, -0.1) is 0 Å². The number of nitrogens with zero attached hydrogens (tertiary/aromatic N) is 3. The maximum atomic E-state index is 13.2. The van der Waals surface area contributed by atoms with Crippen molar-refractivity contribution < 1.29 is 26.8 Å². The Morgan fingerprint density at radius 2 is 1.85 bits per heavy atom. The van der Waals surface area contributed by atoms with E-state index in [1.165, 1.54) is 24.5 Å². The molecule has 0 aliphatic carbocycles. The van der Waals surface area contributed by atoms with E-state index in [1.54, 1.807) is 12.1 Å². The Hall–Kier alpha value is -2.88. The maximum absolute atomic E-state index is 13.2. The number of rotatable bonds is 6. The summed E-state index contributed by atoms with van der Waals surface area (Å²) in [5.74, 6) is -0.599. The van der Waals surface area contributed by atoms with Gasteiger partial charge < -0.3 is 9.73 Å². The van der Waals surface area contributed by atoms with Crippen molar-refractivity contribution in [3.63, 3.8) is 0 Å². The fraction of sp³-hybridized carbons (Fsp3) is 0.188. The second-order valence-corrected chi connectivity index (χ2v) is 5.68. The Balaban J connectivity index is 1.80. The maximum Gasteiger partial charge on any atom is 0.291 e. The molecule has 3 aromatic heterocycles. The van der Waals surface area contributed by atoms with Crippen LogP contribution in [-0.4, -0.2) is 20.7 Å². The molecule has 0 unspecified atom stereocenters. The van der Waals surface area contributed by atoms with Gasteiger partial charge in [0.1, 0.15) is 17.1 Å². The lowest BCUT2D eigenvalue weighted by Crippen LogP contribution is -2.11. The number of carbonyl (C=O) groups is 1. The van der Waals surface area contributed by atoms with Crippen LogP contribution in [0.2, 0.25) is 5.02 Å². The van der Waals surface area contributed by atoms with Crippen molar-refractivity contribution in [3.05, 3.63) is 64.6 Å². The Morgan fingerprint density at radius 3 is 2.48 bits per heavy atom. The second kappa shape index (κ2) is 7.78. The number of carbonyl (C=O) groups excluding carboxylic acids is 1. The molecule has 0 radical (unpaired) electrons. The van der Waals surface area contributed by atoms with Gasteiger partial charge in [-0.2, -0.15) is 5.10 Å². The van der Waals surface area contributed by atoms with Gasteiger partial charge in [-0.1, -0.05) is 11.6 Å². The van der Waals surface area contributed by atoms with Gasteiger partial charge in [-0.05, 0) is 24.3 Å². The largest absolute Gasteiger partial charge is 0.454 e. The molecule has 0 aliphatic heterocycles. The van der Waals surface area contributed by atoms with Gasteiger partial charge in [0, 0.05) is 18.1 Å². The first-order chi connectivity index (χ1) is 12.9. The number of amides is 1. The quantitative estimate of drug-likeness (QED) is 0.606. The van der Waals surface area contributed by atoms with E-state index in [1.807, 2.05) is 0 Å². The van der Waals surface area contributed by atoms with E-state index in [-0.39, 0.29) is 11.5 Å². The van der Waals surface area contributed by atoms with E-state index in [2.05, 4.69) is 15.4 Å². The van der Waals surface area contributed by atoms with Crippen LogP contribution < -0.4 is 5.32 Å². The van der Waals surface area contributed by atoms with Crippen LogP contribution in [0.1, 0.15) is 40.6 Å². The molecule has 0 saturated heterocycles. The Labute approximate surface area is 154 Å². The highest BCUT2D eigenvalue weighted by molar-refractivity contribution is 6.32. The smallest absolute Gasteiger partial charge is 0.291 e. The molecule has 6 nitrogen and oxygen atoms in total. The lowest BCUT2D eigenvalue weighted by Gasteiger charge is -2.05. The molecule has 3 rings (SSSR count). The molecule has 11 heteroatoms. The number of aromatic nitrogens is 3. The van der Waals surface area contributed by atoms with Crippen LogP contribution in [0.4, 0.5) is 23.2 Å². The van der Waals surface area contributed by atoms with Gasteiger partial charge >= 0.3 is 0 Å². The third-order valence-corrected chi connectivity index (χ3v) is 3.89. The van der Waals surface area contributed by atoms with Crippen LogP contribution in [0.25, 0.3) is 0 Å². The fourth-order valence-corrected chi connectivity index (χ4v) is 2.60. The van der Waals surface area contributed by atoms with Gasteiger partial charge in [0.05, 0.1) is 11.6 Å². The van der Waals surface area contributed by atoms with Gasteiger partial charge in [0.15, 0.2) is 5.76 Å². The lowest BCUT2D eigenvalue weighted by molar-refractivity contribution is 0.0994. The summed E-state index contributed by atoms with van der Waals surface area (Å²) >= 11 is 5.59. The number of pyridine rings is 1. The van der Waals surface area contributed by atoms with Crippen molar-refractivity contribution in [1.82, 2.24) is 14.8 Å². The number of halogens is 5. The van der Waals surface area contributed by atoms with Gasteiger partial charge in [0.25, 0.3) is 18.8 Å². The predicted molar refractivity (Wildman–Crippen MR) is 87.2 cm³/mol. The monoisotopic (exact) mass is 402 g/mol. The predicted octanol–water partition coefficient (Wildman–Crippen LogP) is 4.70. The molecule has 27 heavy (non-hydrogen) atoms. The third-order valence-electron chi connectivity index (χ3n) is 3.50. The van der Waals surface area contributed by atoms with E-state index in [4.69, 9.17) is 16.0 Å². The highest BCUT2D eigenvalue weighted by Gasteiger charge is 2.28. The lowest BCUT2D eigenvalue weighted by atomic mass is 10.3. The number of hydrogen-bond acceptors (Lipinski definition) is 4. The molecule has 0 atom stereocenters. The molecule has 0 spiro atoms. The van der Waals surface area contributed by atoms with Crippen molar-refractivity contribution in [2.45, 2.75) is 19.4 Å². The molecule has 0 aliphatic rings. The number of nitrogens with one attached hydrogen (secondary N) is 1. The summed E-state index contributed by atoms with van der Waals surface area (Å²) in [6, 6.07) is 5.81. The molecule has 3 aromatic rings. The number of hydrogen-bond donors (Lipinski definition) is 1. The van der Waals surface area contributed by atoms with Crippen molar-refractivity contribution in [3.8, 4) is 0 Å². The SMILES string of the molecule is O=C(Nc1ccncc1)c1ccc(Cn2nc(C(F)F)c(Cl)c2C(F)F)o1. The first-order valence-corrected chi connectivity index (χ1v) is 7.87. The van der Waals surface area contributed by atoms with Crippen molar-refractivity contribution in [1.29, 1.82) is 0 Å². The zero-order chi connectivity index (χ0) is 19.6. The topological polar surface area (TPSA) is 73.0 Å². The average molecular weight is 403 g/mol. The van der Waals surface area contributed by atoms with Gasteiger partial charge in [0.2, 0.25) is 0 Å². The van der Waals surface area contributed by atoms with Crippen molar-refractivity contribution in [2.24, 2.45) is 0 Å². The first-order valence-electron chi connectivity index (χ1n) is 7.49. The summed E-state index contributed by atoms with van der Waals surface area (Å²) in [6.45, 7) is -0.394. The van der Waals surface area contributed by atoms with Crippen LogP contribution in [-0.2, 0) is 6.54 Å². The summed E-state index contributed by atoms with van der Waals surface area (Å²) < 4.78 is 58.0. The molecular weight excluding hydrogens is 392 g/mol. The molecule has 0 bridgehead atoms. The van der Waals surface area contributed by atoms with Crippen LogP contribution in [0.5, 0.6) is 0 Å². The summed E-state index contributed by atoms with van der Waals surface area (Å²) in [6.07, 6.45) is -3.25. The summed E-state index contributed by atoms with van der Waals surface area (Å²) in [4.78, 5) is 15.9. The summed E-state index contributed by atoms with van der Waals surface area (Å²) in [7, 11) is 0. The summed E-state index contributed by atoms with van der Waals surface area (Å²) in [5, 5.41) is 5.20. The zero-order valence-electron chi connectivity index (χ0n) is 13.4. The highest BCUT2D eigenvalue weighted by atomic mass is 35.5. The van der Waals surface area contributed by atoms with Gasteiger partial charge in [-0.25, -0.2) is 17.6 Å². The Kier molecular flexibility index (Phi) is 5.45. The molecule has 0 aromatic carbocycles. The Bertz CT molecular complexity index is 943. The van der Waals surface area contributed by atoms with Crippen molar-refractivity contribution in [2.75, 3.05) is 5.32 Å².